The highest BCUT2D eigenvalue weighted by molar-refractivity contribution is 5.79. The van der Waals surface area contributed by atoms with Gasteiger partial charge in [0.25, 0.3) is 0 Å². The zero-order valence-corrected chi connectivity index (χ0v) is 10.8. The fourth-order valence-corrected chi connectivity index (χ4v) is 2.74. The topological polar surface area (TPSA) is 63.6 Å². The molecule has 2 N–H and O–H groups in total. The number of carbonyl (C=O) groups excluding carboxylic acids is 1. The van der Waals surface area contributed by atoms with Crippen LogP contribution in [0.5, 0.6) is 0 Å². The summed E-state index contributed by atoms with van der Waals surface area (Å²) in [6.07, 6.45) is 6.29. The third-order valence-corrected chi connectivity index (χ3v) is 3.72. The van der Waals surface area contributed by atoms with E-state index in [-0.39, 0.29) is 11.9 Å². The van der Waals surface area contributed by atoms with Crippen molar-refractivity contribution in [3.8, 4) is 0 Å². The van der Waals surface area contributed by atoms with Crippen molar-refractivity contribution in [1.82, 2.24) is 14.3 Å². The lowest BCUT2D eigenvalue weighted by molar-refractivity contribution is -0.131. The summed E-state index contributed by atoms with van der Waals surface area (Å²) in [6, 6.07) is 6.04. The Balaban J connectivity index is 1.75. The zero-order valence-electron chi connectivity index (χ0n) is 10.8. The third kappa shape index (κ3) is 2.33. The van der Waals surface area contributed by atoms with Crippen molar-refractivity contribution in [2.75, 3.05) is 13.1 Å². The van der Waals surface area contributed by atoms with Crippen LogP contribution in [0.3, 0.4) is 0 Å². The Morgan fingerprint density at radius 2 is 2.37 bits per heavy atom. The lowest BCUT2D eigenvalue weighted by atomic mass is 10.2. The summed E-state index contributed by atoms with van der Waals surface area (Å²) in [7, 11) is 0. The minimum Gasteiger partial charge on any atom is -0.338 e. The van der Waals surface area contributed by atoms with Crippen molar-refractivity contribution in [2.24, 2.45) is 5.73 Å². The summed E-state index contributed by atoms with van der Waals surface area (Å²) in [5.41, 5.74) is 7.40. The number of aromatic nitrogens is 2. The molecule has 0 bridgehead atoms. The molecule has 2 aromatic heterocycles. The number of nitrogens with two attached hydrogens (primary N) is 1. The number of carbonyl (C=O) groups is 1. The molecule has 1 atom stereocenters. The SMILES string of the molecule is NC[C@@H]1CCCN1C(=O)Cc1cn2ccccc2n1. The molecule has 3 rings (SSSR count). The maximum atomic E-state index is 12.3. The third-order valence-electron chi connectivity index (χ3n) is 3.72. The molecule has 5 nitrogen and oxygen atoms in total. The van der Waals surface area contributed by atoms with Gasteiger partial charge in [-0.05, 0) is 25.0 Å². The highest BCUT2D eigenvalue weighted by atomic mass is 16.2. The van der Waals surface area contributed by atoms with E-state index in [1.807, 2.05) is 39.9 Å². The highest BCUT2D eigenvalue weighted by Crippen LogP contribution is 2.17. The van der Waals surface area contributed by atoms with Gasteiger partial charge in [0.05, 0.1) is 12.1 Å². The van der Waals surface area contributed by atoms with Crippen molar-refractivity contribution in [2.45, 2.75) is 25.3 Å². The molecular formula is C14H18N4O. The second kappa shape index (κ2) is 5.01. The van der Waals surface area contributed by atoms with E-state index in [0.717, 1.165) is 30.7 Å². The van der Waals surface area contributed by atoms with Gasteiger partial charge in [-0.2, -0.15) is 0 Å². The molecule has 0 unspecified atom stereocenters. The van der Waals surface area contributed by atoms with E-state index in [2.05, 4.69) is 4.98 Å². The predicted molar refractivity (Wildman–Crippen MR) is 72.7 cm³/mol. The number of amides is 1. The van der Waals surface area contributed by atoms with E-state index in [4.69, 9.17) is 5.73 Å². The molecule has 0 aliphatic carbocycles. The quantitative estimate of drug-likeness (QED) is 0.886. The van der Waals surface area contributed by atoms with Crippen LogP contribution in [0.25, 0.3) is 5.65 Å². The molecule has 1 fully saturated rings. The summed E-state index contributed by atoms with van der Waals surface area (Å²) in [6.45, 7) is 1.38. The van der Waals surface area contributed by atoms with E-state index in [0.29, 0.717) is 13.0 Å². The van der Waals surface area contributed by atoms with Crippen LogP contribution in [0.1, 0.15) is 18.5 Å². The number of hydrogen-bond acceptors (Lipinski definition) is 3. The van der Waals surface area contributed by atoms with Crippen LogP contribution in [0.2, 0.25) is 0 Å². The first-order valence-electron chi connectivity index (χ1n) is 6.70. The lowest BCUT2D eigenvalue weighted by Gasteiger charge is -2.23. The lowest BCUT2D eigenvalue weighted by Crippen LogP contribution is -2.40. The van der Waals surface area contributed by atoms with E-state index in [9.17, 15) is 4.79 Å². The van der Waals surface area contributed by atoms with Gasteiger partial charge >= 0.3 is 0 Å². The van der Waals surface area contributed by atoms with Crippen molar-refractivity contribution >= 4 is 11.6 Å². The molecule has 0 saturated carbocycles. The molecule has 1 amide bonds. The van der Waals surface area contributed by atoms with Gasteiger partial charge < -0.3 is 15.0 Å². The van der Waals surface area contributed by atoms with E-state index in [1.54, 1.807) is 0 Å². The van der Waals surface area contributed by atoms with Gasteiger partial charge in [-0.1, -0.05) is 6.07 Å². The fourth-order valence-electron chi connectivity index (χ4n) is 2.74. The number of pyridine rings is 1. The van der Waals surface area contributed by atoms with Crippen LogP contribution >= 0.6 is 0 Å². The standard InChI is InChI=1S/C14H18N4O/c15-9-12-4-3-7-18(12)14(19)8-11-10-17-6-2-1-5-13(17)16-11/h1-2,5-6,10,12H,3-4,7-9,15H2/t12-/m0/s1. The van der Waals surface area contributed by atoms with Crippen LogP contribution in [0.4, 0.5) is 0 Å². The first-order valence-corrected chi connectivity index (χ1v) is 6.70. The van der Waals surface area contributed by atoms with Gasteiger partial charge in [-0.3, -0.25) is 4.79 Å². The maximum Gasteiger partial charge on any atom is 0.228 e. The minimum atomic E-state index is 0.136. The number of likely N-dealkylation sites (tertiary alicyclic amines) is 1. The molecular weight excluding hydrogens is 240 g/mol. The smallest absolute Gasteiger partial charge is 0.228 e. The molecule has 0 radical (unpaired) electrons. The second-order valence-corrected chi connectivity index (χ2v) is 4.99. The average molecular weight is 258 g/mol. The summed E-state index contributed by atoms with van der Waals surface area (Å²) in [4.78, 5) is 18.6. The molecule has 0 spiro atoms. The maximum absolute atomic E-state index is 12.3. The number of nitrogens with zero attached hydrogens (tertiary/aromatic N) is 3. The molecule has 19 heavy (non-hydrogen) atoms. The van der Waals surface area contributed by atoms with Gasteiger partial charge in [0.2, 0.25) is 5.91 Å². The number of rotatable bonds is 3. The molecule has 1 aliphatic heterocycles. The first kappa shape index (κ1) is 12.2. The van der Waals surface area contributed by atoms with Crippen molar-refractivity contribution in [1.29, 1.82) is 0 Å². The molecule has 100 valence electrons. The van der Waals surface area contributed by atoms with Crippen molar-refractivity contribution < 1.29 is 4.79 Å². The summed E-state index contributed by atoms with van der Waals surface area (Å²) in [5.74, 6) is 0.136. The van der Waals surface area contributed by atoms with Gasteiger partial charge in [-0.15, -0.1) is 0 Å². The summed E-state index contributed by atoms with van der Waals surface area (Å²) in [5, 5.41) is 0. The molecule has 3 heterocycles. The molecule has 5 heteroatoms. The Bertz CT molecular complexity index is 559. The fraction of sp³-hybridized carbons (Fsp3) is 0.429. The molecule has 1 saturated heterocycles. The minimum absolute atomic E-state index is 0.136. The average Bonchev–Trinajstić information content (AvgIpc) is 3.03. The number of imidazole rings is 1. The molecule has 1 aliphatic rings. The van der Waals surface area contributed by atoms with Crippen LogP contribution in [-0.2, 0) is 11.2 Å². The van der Waals surface area contributed by atoms with E-state index >= 15 is 0 Å². The number of fused-ring (bicyclic) bond motifs is 1. The Morgan fingerprint density at radius 3 is 3.16 bits per heavy atom. The molecule has 0 aromatic carbocycles. The van der Waals surface area contributed by atoms with Crippen molar-refractivity contribution in [3.05, 3.63) is 36.3 Å². The van der Waals surface area contributed by atoms with Crippen LogP contribution in [0.15, 0.2) is 30.6 Å². The van der Waals surface area contributed by atoms with E-state index in [1.165, 1.54) is 0 Å². The van der Waals surface area contributed by atoms with Gasteiger partial charge in [-0.25, -0.2) is 4.98 Å². The highest BCUT2D eigenvalue weighted by Gasteiger charge is 2.27. The van der Waals surface area contributed by atoms with Gasteiger partial charge in [0.15, 0.2) is 0 Å². The monoisotopic (exact) mass is 258 g/mol. The second-order valence-electron chi connectivity index (χ2n) is 4.99. The van der Waals surface area contributed by atoms with Crippen molar-refractivity contribution in [3.63, 3.8) is 0 Å². The largest absolute Gasteiger partial charge is 0.338 e. The summed E-state index contributed by atoms with van der Waals surface area (Å²) < 4.78 is 1.94. The van der Waals surface area contributed by atoms with E-state index < -0.39 is 0 Å². The van der Waals surface area contributed by atoms with Gasteiger partial charge in [0.1, 0.15) is 5.65 Å². The van der Waals surface area contributed by atoms with Crippen LogP contribution < -0.4 is 5.73 Å². The van der Waals surface area contributed by atoms with Crippen LogP contribution in [-0.4, -0.2) is 39.3 Å². The Labute approximate surface area is 112 Å². The zero-order chi connectivity index (χ0) is 13.2. The predicted octanol–water partition coefficient (Wildman–Crippen LogP) is 0.826. The first-order chi connectivity index (χ1) is 9.28. The Morgan fingerprint density at radius 1 is 1.47 bits per heavy atom. The Hall–Kier alpha value is -1.88. The van der Waals surface area contributed by atoms with Gasteiger partial charge in [0, 0.05) is 31.5 Å². The Kier molecular flexibility index (Phi) is 3.21. The molecule has 2 aromatic rings. The number of hydrogen-bond donors (Lipinski definition) is 1. The normalized spacial score (nSPS) is 19.2. The van der Waals surface area contributed by atoms with Crippen LogP contribution in [0, 0.1) is 0 Å². The summed E-state index contributed by atoms with van der Waals surface area (Å²) >= 11 is 0.